The number of hydrogen-bond acceptors (Lipinski definition) is 1. The van der Waals surface area contributed by atoms with Crippen LogP contribution in [0.1, 0.15) is 80.3 Å². The SMILES string of the molecule is c1ccc(C(CCc2ccc3c(c2)C2(c4ccccc4-c4ccccc42)c2ccccc2-3)c2cc(-c3ccc4c(c3)c3ccccc3n4-c3ccccc3)cc(C(CCc3ccc4sc5ccccc5c4c3)c3ccccc3)c2)cc1. The largest absolute Gasteiger partial charge is 0.309 e. The molecule has 81 heavy (non-hydrogen) atoms. The zero-order valence-electron chi connectivity index (χ0n) is 45.0. The van der Waals surface area contributed by atoms with E-state index in [1.807, 2.05) is 11.3 Å². The van der Waals surface area contributed by atoms with Gasteiger partial charge in [-0.1, -0.05) is 237 Å². The first-order valence-corrected chi connectivity index (χ1v) is 29.6. The molecule has 16 rings (SSSR count). The topological polar surface area (TPSA) is 4.93 Å². The number of rotatable bonds is 12. The van der Waals surface area contributed by atoms with Crippen LogP contribution in [0.3, 0.4) is 0 Å². The van der Waals surface area contributed by atoms with E-state index < -0.39 is 0 Å². The molecule has 384 valence electrons. The third-order valence-electron chi connectivity index (χ3n) is 18.2. The van der Waals surface area contributed by atoms with Gasteiger partial charge in [0.25, 0.3) is 0 Å². The molecule has 2 heterocycles. The number of para-hydroxylation sites is 2. The van der Waals surface area contributed by atoms with E-state index in [-0.39, 0.29) is 17.3 Å². The maximum atomic E-state index is 2.59. The minimum atomic E-state index is -0.374. The third-order valence-corrected chi connectivity index (χ3v) is 19.3. The molecule has 2 aromatic heterocycles. The van der Waals surface area contributed by atoms with Crippen molar-refractivity contribution in [1.82, 2.24) is 4.57 Å². The Morgan fingerprint density at radius 2 is 0.802 bits per heavy atom. The molecule has 0 saturated heterocycles. The van der Waals surface area contributed by atoms with Crippen LogP contribution < -0.4 is 0 Å². The molecule has 0 aliphatic heterocycles. The summed E-state index contributed by atoms with van der Waals surface area (Å²) in [5.41, 5.74) is 24.8. The average Bonchev–Trinajstić information content (AvgIpc) is 4.13. The highest BCUT2D eigenvalue weighted by Crippen LogP contribution is 2.63. The Hall–Kier alpha value is -9.34. The second kappa shape index (κ2) is 19.5. The fourth-order valence-corrected chi connectivity index (χ4v) is 15.6. The third kappa shape index (κ3) is 7.80. The van der Waals surface area contributed by atoms with Crippen molar-refractivity contribution in [3.05, 3.63) is 341 Å². The highest BCUT2D eigenvalue weighted by Gasteiger charge is 2.51. The molecule has 14 aromatic rings. The Balaban J connectivity index is 0.842. The number of hydrogen-bond donors (Lipinski definition) is 0. The summed E-state index contributed by atoms with van der Waals surface area (Å²) < 4.78 is 5.13. The minimum absolute atomic E-state index is 0.131. The van der Waals surface area contributed by atoms with E-state index in [2.05, 4.69) is 290 Å². The molecule has 0 N–H and O–H groups in total. The van der Waals surface area contributed by atoms with E-state index in [1.165, 1.54) is 137 Å². The minimum Gasteiger partial charge on any atom is -0.309 e. The predicted octanol–water partition coefficient (Wildman–Crippen LogP) is 20.7. The molecule has 12 aromatic carbocycles. The van der Waals surface area contributed by atoms with Gasteiger partial charge in [-0.05, 0) is 163 Å². The van der Waals surface area contributed by atoms with Crippen LogP contribution in [0.4, 0.5) is 0 Å². The van der Waals surface area contributed by atoms with E-state index in [9.17, 15) is 0 Å². The second-order valence-electron chi connectivity index (χ2n) is 22.5. The van der Waals surface area contributed by atoms with Crippen molar-refractivity contribution in [2.45, 2.75) is 42.9 Å². The van der Waals surface area contributed by atoms with Crippen LogP contribution in [-0.4, -0.2) is 4.57 Å². The Bertz CT molecular complexity index is 4650. The fourth-order valence-electron chi connectivity index (χ4n) is 14.5. The van der Waals surface area contributed by atoms with Gasteiger partial charge in [-0.2, -0.15) is 0 Å². The fraction of sp³-hybridized carbons (Fsp3) is 0.0886. The van der Waals surface area contributed by atoms with Gasteiger partial charge in [0.2, 0.25) is 0 Å². The molecule has 0 fully saturated rings. The number of aromatic nitrogens is 1. The van der Waals surface area contributed by atoms with Gasteiger partial charge in [0.15, 0.2) is 0 Å². The van der Waals surface area contributed by atoms with Gasteiger partial charge in [-0.25, -0.2) is 0 Å². The van der Waals surface area contributed by atoms with Crippen LogP contribution in [-0.2, 0) is 18.3 Å². The Kier molecular flexibility index (Phi) is 11.5. The summed E-state index contributed by atoms with van der Waals surface area (Å²) in [6.07, 6.45) is 3.82. The standard InChI is InChI=1S/C79H57NS/c1-4-20-54(21-5-1)61(41-36-52-39-45-78-70(46-52)68-30-14-19-35-77(68)81-78)58-48-57(56-40-44-76-69(51-56)67-29-13-18-34-75(67)80(76)60-24-8-3-9-25-60)49-59(50-58)62(55-22-6-2-7-23-55)42-37-53-38-43-66-65-28-12-17-33-73(65)79(74(66)47-53)71-31-15-10-26-63(71)64-27-11-16-32-72(64)79/h1-35,38-40,43-51,61-62H,36-37,41-42H2. The molecule has 2 atom stereocenters. The molecule has 2 aliphatic rings. The molecular weight excluding hydrogens is 995 g/mol. The Labute approximate surface area is 477 Å². The summed E-state index contributed by atoms with van der Waals surface area (Å²) in [5, 5.41) is 5.24. The summed E-state index contributed by atoms with van der Waals surface area (Å²) in [4.78, 5) is 0. The quantitative estimate of drug-likeness (QED) is 0.115. The number of thiophene rings is 1. The van der Waals surface area contributed by atoms with Gasteiger partial charge < -0.3 is 4.57 Å². The van der Waals surface area contributed by atoms with E-state index in [1.54, 1.807) is 0 Å². The van der Waals surface area contributed by atoms with E-state index in [0.717, 1.165) is 25.7 Å². The summed E-state index contributed by atoms with van der Waals surface area (Å²) in [6, 6.07) is 108. The highest BCUT2D eigenvalue weighted by atomic mass is 32.1. The van der Waals surface area contributed by atoms with Crippen molar-refractivity contribution in [3.8, 4) is 39.1 Å². The monoisotopic (exact) mass is 1050 g/mol. The van der Waals surface area contributed by atoms with Gasteiger partial charge in [0.1, 0.15) is 0 Å². The first-order valence-electron chi connectivity index (χ1n) is 28.8. The molecule has 0 saturated carbocycles. The van der Waals surface area contributed by atoms with Gasteiger partial charge in [0, 0.05) is 48.5 Å². The predicted molar refractivity (Wildman–Crippen MR) is 342 cm³/mol. The number of fused-ring (bicyclic) bond motifs is 16. The lowest BCUT2D eigenvalue weighted by Gasteiger charge is -2.30. The maximum absolute atomic E-state index is 2.59. The van der Waals surface area contributed by atoms with Gasteiger partial charge in [-0.15, -0.1) is 11.3 Å². The number of benzene rings is 12. The average molecular weight is 1050 g/mol. The lowest BCUT2D eigenvalue weighted by Crippen LogP contribution is -2.26. The van der Waals surface area contributed by atoms with E-state index >= 15 is 0 Å². The maximum Gasteiger partial charge on any atom is 0.0725 e. The van der Waals surface area contributed by atoms with Crippen molar-refractivity contribution in [2.75, 3.05) is 0 Å². The molecular formula is C79H57NS. The summed E-state index contributed by atoms with van der Waals surface area (Å²) >= 11 is 1.89. The van der Waals surface area contributed by atoms with Crippen LogP contribution in [0, 0.1) is 0 Å². The lowest BCUT2D eigenvalue weighted by molar-refractivity contribution is 0.697. The van der Waals surface area contributed by atoms with Crippen molar-refractivity contribution in [1.29, 1.82) is 0 Å². The number of aryl methyl sites for hydroxylation is 2. The van der Waals surface area contributed by atoms with Crippen molar-refractivity contribution in [3.63, 3.8) is 0 Å². The molecule has 0 bridgehead atoms. The van der Waals surface area contributed by atoms with E-state index in [0.29, 0.717) is 0 Å². The van der Waals surface area contributed by atoms with Crippen LogP contribution in [0.25, 0.3) is 81.0 Å². The van der Waals surface area contributed by atoms with Crippen molar-refractivity contribution < 1.29 is 0 Å². The van der Waals surface area contributed by atoms with E-state index in [4.69, 9.17) is 0 Å². The molecule has 2 unspecified atom stereocenters. The highest BCUT2D eigenvalue weighted by molar-refractivity contribution is 7.25. The van der Waals surface area contributed by atoms with Crippen molar-refractivity contribution in [2.24, 2.45) is 0 Å². The molecule has 1 nitrogen and oxygen atoms in total. The Morgan fingerprint density at radius 1 is 0.309 bits per heavy atom. The molecule has 2 aliphatic carbocycles. The Morgan fingerprint density at radius 3 is 1.44 bits per heavy atom. The van der Waals surface area contributed by atoms with Gasteiger partial charge in [0.05, 0.1) is 16.4 Å². The lowest BCUT2D eigenvalue weighted by atomic mass is 9.70. The van der Waals surface area contributed by atoms with Crippen LogP contribution in [0.2, 0.25) is 0 Å². The van der Waals surface area contributed by atoms with Crippen LogP contribution >= 0.6 is 11.3 Å². The second-order valence-corrected chi connectivity index (χ2v) is 23.6. The van der Waals surface area contributed by atoms with Crippen LogP contribution in [0.5, 0.6) is 0 Å². The molecule has 0 amide bonds. The summed E-state index contributed by atoms with van der Waals surface area (Å²) in [5.74, 6) is 0.290. The zero-order chi connectivity index (χ0) is 53.4. The zero-order valence-corrected chi connectivity index (χ0v) is 45.8. The summed E-state index contributed by atoms with van der Waals surface area (Å²) in [6.45, 7) is 0. The first-order chi connectivity index (χ1) is 40.2. The van der Waals surface area contributed by atoms with Gasteiger partial charge in [-0.3, -0.25) is 0 Å². The number of nitrogens with zero attached hydrogens (tertiary/aromatic N) is 1. The molecule has 1 spiro atoms. The summed E-state index contributed by atoms with van der Waals surface area (Å²) in [7, 11) is 0. The van der Waals surface area contributed by atoms with Crippen LogP contribution in [0.15, 0.2) is 285 Å². The molecule has 0 radical (unpaired) electrons. The molecule has 2 heteroatoms. The first kappa shape index (κ1) is 47.6. The smallest absolute Gasteiger partial charge is 0.0725 e. The van der Waals surface area contributed by atoms with Gasteiger partial charge >= 0.3 is 0 Å². The van der Waals surface area contributed by atoms with Crippen molar-refractivity contribution >= 4 is 53.3 Å². The normalized spacial score (nSPS) is 13.6.